The van der Waals surface area contributed by atoms with Crippen molar-refractivity contribution in [2.45, 2.75) is 13.8 Å². The van der Waals surface area contributed by atoms with E-state index in [0.717, 1.165) is 16.9 Å². The smallest absolute Gasteiger partial charge is 0.343 e. The number of hydrogen-bond acceptors (Lipinski definition) is 5. The highest BCUT2D eigenvalue weighted by Crippen LogP contribution is 2.29. The molecular formula is C26H22ClN3O3. The molecule has 0 aliphatic carbocycles. The maximum Gasteiger partial charge on any atom is 0.343 e. The Morgan fingerprint density at radius 1 is 1.03 bits per heavy atom. The lowest BCUT2D eigenvalue weighted by Crippen LogP contribution is -2.09. The molecule has 6 nitrogen and oxygen atoms in total. The summed E-state index contributed by atoms with van der Waals surface area (Å²) in [6.45, 7) is 4.22. The molecule has 1 aromatic heterocycles. The van der Waals surface area contributed by atoms with Crippen LogP contribution in [0.4, 0.5) is 5.82 Å². The summed E-state index contributed by atoms with van der Waals surface area (Å²) in [5.41, 5.74) is 2.99. The Labute approximate surface area is 197 Å². The monoisotopic (exact) mass is 459 g/mol. The Morgan fingerprint density at radius 3 is 2.52 bits per heavy atom. The van der Waals surface area contributed by atoms with Gasteiger partial charge < -0.3 is 9.47 Å². The van der Waals surface area contributed by atoms with Crippen LogP contribution < -0.4 is 9.47 Å². The van der Waals surface area contributed by atoms with E-state index in [9.17, 15) is 4.79 Å². The molecule has 0 amide bonds. The first-order chi connectivity index (χ1) is 16.0. The Balaban J connectivity index is 1.57. The summed E-state index contributed by atoms with van der Waals surface area (Å²) >= 11 is 5.89. The number of benzene rings is 3. The first kappa shape index (κ1) is 22.3. The average molecular weight is 460 g/mol. The molecule has 0 spiro atoms. The van der Waals surface area contributed by atoms with Crippen LogP contribution in [0, 0.1) is 6.92 Å². The molecule has 33 heavy (non-hydrogen) atoms. The topological polar surface area (TPSA) is 65.7 Å². The number of nitrogens with zero attached hydrogens (tertiary/aromatic N) is 3. The van der Waals surface area contributed by atoms with Crippen molar-refractivity contribution in [3.05, 3.63) is 101 Å². The Bertz CT molecular complexity index is 1280. The van der Waals surface area contributed by atoms with Gasteiger partial charge in [-0.1, -0.05) is 29.8 Å². The van der Waals surface area contributed by atoms with Crippen molar-refractivity contribution in [1.29, 1.82) is 0 Å². The highest BCUT2D eigenvalue weighted by molar-refractivity contribution is 6.30. The van der Waals surface area contributed by atoms with Gasteiger partial charge in [-0.05, 0) is 74.0 Å². The van der Waals surface area contributed by atoms with Gasteiger partial charge in [0, 0.05) is 17.3 Å². The minimum atomic E-state index is -0.490. The van der Waals surface area contributed by atoms with Crippen molar-refractivity contribution in [2.75, 3.05) is 6.61 Å². The highest BCUT2D eigenvalue weighted by atomic mass is 35.5. The van der Waals surface area contributed by atoms with Gasteiger partial charge in [-0.25, -0.2) is 14.5 Å². The van der Waals surface area contributed by atoms with E-state index in [1.54, 1.807) is 47.3 Å². The fourth-order valence-electron chi connectivity index (χ4n) is 3.18. The zero-order valence-electron chi connectivity index (χ0n) is 18.2. The molecule has 0 saturated heterocycles. The number of aromatic nitrogens is 2. The largest absolute Gasteiger partial charge is 0.490 e. The Kier molecular flexibility index (Phi) is 6.86. The third kappa shape index (κ3) is 5.48. The number of rotatable bonds is 7. The van der Waals surface area contributed by atoms with Gasteiger partial charge in [0.2, 0.25) is 0 Å². The lowest BCUT2D eigenvalue weighted by atomic mass is 10.2. The van der Waals surface area contributed by atoms with E-state index in [2.05, 4.69) is 10.1 Å². The van der Waals surface area contributed by atoms with Crippen LogP contribution in [0.3, 0.4) is 0 Å². The van der Waals surface area contributed by atoms with E-state index < -0.39 is 5.97 Å². The van der Waals surface area contributed by atoms with Gasteiger partial charge in [0.05, 0.1) is 23.6 Å². The molecule has 0 unspecified atom stereocenters. The minimum absolute atomic E-state index is 0.333. The molecule has 7 heteroatoms. The molecule has 4 aromatic rings. The highest BCUT2D eigenvalue weighted by Gasteiger charge is 2.13. The van der Waals surface area contributed by atoms with Crippen molar-refractivity contribution in [1.82, 2.24) is 9.78 Å². The number of aryl methyl sites for hydroxylation is 1. The standard InChI is InChI=1S/C26H22ClN3O3/c1-3-32-24-16-19(9-14-23(24)33-26(31)20-10-12-21(27)13-11-20)17-28-25-15-18(2)29-30(25)22-7-5-4-6-8-22/h4-17H,3H2,1-2H3. The summed E-state index contributed by atoms with van der Waals surface area (Å²) in [6, 6.07) is 23.5. The number of hydrogen-bond donors (Lipinski definition) is 0. The van der Waals surface area contributed by atoms with Crippen LogP contribution in [0.15, 0.2) is 83.9 Å². The summed E-state index contributed by atoms with van der Waals surface area (Å²) < 4.78 is 13.1. The Morgan fingerprint density at radius 2 is 1.79 bits per heavy atom. The van der Waals surface area contributed by atoms with Gasteiger partial charge in [0.1, 0.15) is 0 Å². The quantitative estimate of drug-likeness (QED) is 0.187. The maximum atomic E-state index is 12.5. The van der Waals surface area contributed by atoms with Gasteiger partial charge in [0.25, 0.3) is 0 Å². The first-order valence-corrected chi connectivity index (χ1v) is 10.8. The molecule has 0 fully saturated rings. The number of aliphatic imine (C=N–C) groups is 1. The number of para-hydroxylation sites is 1. The Hall–Kier alpha value is -3.90. The second kappa shape index (κ2) is 10.1. The van der Waals surface area contributed by atoms with E-state index >= 15 is 0 Å². The van der Waals surface area contributed by atoms with Gasteiger partial charge in [-0.2, -0.15) is 5.10 Å². The zero-order chi connectivity index (χ0) is 23.2. The van der Waals surface area contributed by atoms with Crippen molar-refractivity contribution < 1.29 is 14.3 Å². The normalized spacial score (nSPS) is 11.0. The van der Waals surface area contributed by atoms with Crippen molar-refractivity contribution in [3.63, 3.8) is 0 Å². The second-order valence-electron chi connectivity index (χ2n) is 7.19. The average Bonchev–Trinajstić information content (AvgIpc) is 3.20. The lowest BCUT2D eigenvalue weighted by Gasteiger charge is -2.11. The summed E-state index contributed by atoms with van der Waals surface area (Å²) in [5.74, 6) is 1.00. The summed E-state index contributed by atoms with van der Waals surface area (Å²) in [7, 11) is 0. The molecule has 0 bridgehead atoms. The van der Waals surface area contributed by atoms with E-state index in [1.165, 1.54) is 0 Å². The minimum Gasteiger partial charge on any atom is -0.490 e. The predicted octanol–water partition coefficient (Wildman–Crippen LogP) is 6.20. The number of esters is 1. The van der Waals surface area contributed by atoms with Crippen LogP contribution in [0.2, 0.25) is 5.02 Å². The molecule has 0 aliphatic heterocycles. The van der Waals surface area contributed by atoms with E-state index in [4.69, 9.17) is 21.1 Å². The molecule has 0 radical (unpaired) electrons. The van der Waals surface area contributed by atoms with E-state index in [0.29, 0.717) is 34.5 Å². The fraction of sp³-hybridized carbons (Fsp3) is 0.115. The molecule has 166 valence electrons. The predicted molar refractivity (Wildman–Crippen MR) is 130 cm³/mol. The fourth-order valence-corrected chi connectivity index (χ4v) is 3.31. The SMILES string of the molecule is CCOc1cc(C=Nc2cc(C)nn2-c2ccccc2)ccc1OC(=O)c1ccc(Cl)cc1. The molecule has 4 rings (SSSR count). The number of halogens is 1. The molecular weight excluding hydrogens is 438 g/mol. The molecule has 3 aromatic carbocycles. The molecule has 0 N–H and O–H groups in total. The van der Waals surface area contributed by atoms with Crippen LogP contribution in [-0.4, -0.2) is 28.6 Å². The van der Waals surface area contributed by atoms with Crippen molar-refractivity contribution in [2.24, 2.45) is 4.99 Å². The first-order valence-electron chi connectivity index (χ1n) is 10.4. The lowest BCUT2D eigenvalue weighted by molar-refractivity contribution is 0.0728. The molecule has 0 aliphatic rings. The number of ether oxygens (including phenoxy) is 2. The summed E-state index contributed by atoms with van der Waals surface area (Å²) in [5, 5.41) is 5.08. The summed E-state index contributed by atoms with van der Waals surface area (Å²) in [4.78, 5) is 17.1. The van der Waals surface area contributed by atoms with E-state index in [-0.39, 0.29) is 0 Å². The van der Waals surface area contributed by atoms with Crippen LogP contribution in [-0.2, 0) is 0 Å². The molecule has 0 saturated carbocycles. The van der Waals surface area contributed by atoms with Gasteiger partial charge in [0.15, 0.2) is 17.3 Å². The third-order valence-electron chi connectivity index (χ3n) is 4.71. The van der Waals surface area contributed by atoms with Crippen molar-refractivity contribution >= 4 is 29.6 Å². The van der Waals surface area contributed by atoms with Crippen LogP contribution in [0.25, 0.3) is 5.69 Å². The molecule has 1 heterocycles. The van der Waals surface area contributed by atoms with Gasteiger partial charge in [-0.15, -0.1) is 0 Å². The van der Waals surface area contributed by atoms with Crippen LogP contribution >= 0.6 is 11.6 Å². The summed E-state index contributed by atoms with van der Waals surface area (Å²) in [6.07, 6.45) is 1.73. The zero-order valence-corrected chi connectivity index (χ0v) is 19.0. The maximum absolute atomic E-state index is 12.5. The molecule has 0 atom stereocenters. The number of carbonyl (C=O) groups excluding carboxylic acids is 1. The van der Waals surface area contributed by atoms with Crippen LogP contribution in [0.1, 0.15) is 28.5 Å². The van der Waals surface area contributed by atoms with Crippen molar-refractivity contribution in [3.8, 4) is 17.2 Å². The van der Waals surface area contributed by atoms with E-state index in [1.807, 2.05) is 56.3 Å². The van der Waals surface area contributed by atoms with Gasteiger partial charge in [-0.3, -0.25) is 0 Å². The van der Waals surface area contributed by atoms with Gasteiger partial charge >= 0.3 is 5.97 Å². The second-order valence-corrected chi connectivity index (χ2v) is 7.62. The number of carbonyl (C=O) groups is 1. The third-order valence-corrected chi connectivity index (χ3v) is 4.96. The van der Waals surface area contributed by atoms with Crippen LogP contribution in [0.5, 0.6) is 11.5 Å².